The summed E-state index contributed by atoms with van der Waals surface area (Å²) in [6, 6.07) is 7.45. The Labute approximate surface area is 146 Å². The largest absolute Gasteiger partial charge is 0.357 e. The SMILES string of the molecule is CC[C@@H](C)[C@H](NC(=O)c1csc(-c2ccc(C)cc2)n1)C(=O)NC. The van der Waals surface area contributed by atoms with Gasteiger partial charge in [-0.2, -0.15) is 0 Å². The van der Waals surface area contributed by atoms with Crippen LogP contribution in [0.25, 0.3) is 10.6 Å². The second-order valence-electron chi connectivity index (χ2n) is 5.85. The maximum atomic E-state index is 12.4. The van der Waals surface area contributed by atoms with Crippen LogP contribution in [0.15, 0.2) is 29.6 Å². The van der Waals surface area contributed by atoms with E-state index in [1.807, 2.05) is 45.0 Å². The molecule has 2 amide bonds. The number of thiazole rings is 1. The first-order chi connectivity index (χ1) is 11.5. The summed E-state index contributed by atoms with van der Waals surface area (Å²) in [5, 5.41) is 7.92. The van der Waals surface area contributed by atoms with Crippen molar-refractivity contribution in [2.75, 3.05) is 7.05 Å². The normalized spacial score (nSPS) is 13.2. The highest BCUT2D eigenvalue weighted by Gasteiger charge is 2.26. The number of aromatic nitrogens is 1. The fraction of sp³-hybridized carbons (Fsp3) is 0.389. The number of aryl methyl sites for hydroxylation is 1. The molecule has 0 aliphatic rings. The zero-order valence-electron chi connectivity index (χ0n) is 14.4. The molecule has 0 radical (unpaired) electrons. The van der Waals surface area contributed by atoms with E-state index in [9.17, 15) is 9.59 Å². The molecule has 0 saturated heterocycles. The van der Waals surface area contributed by atoms with Gasteiger partial charge in [-0.15, -0.1) is 11.3 Å². The number of carbonyl (C=O) groups is 2. The molecular weight excluding hydrogens is 322 g/mol. The number of hydrogen-bond acceptors (Lipinski definition) is 4. The molecule has 0 fully saturated rings. The van der Waals surface area contributed by atoms with Gasteiger partial charge in [0.15, 0.2) is 0 Å². The Bertz CT molecular complexity index is 709. The van der Waals surface area contributed by atoms with Gasteiger partial charge in [0.1, 0.15) is 16.7 Å². The number of hydrogen-bond donors (Lipinski definition) is 2. The van der Waals surface area contributed by atoms with Gasteiger partial charge < -0.3 is 10.6 Å². The lowest BCUT2D eigenvalue weighted by Gasteiger charge is -2.22. The number of likely N-dealkylation sites (N-methyl/N-ethyl adjacent to an activating group) is 1. The van der Waals surface area contributed by atoms with Crippen molar-refractivity contribution in [2.24, 2.45) is 5.92 Å². The standard InChI is InChI=1S/C18H23N3O2S/c1-5-12(3)15(17(23)19-4)21-16(22)14-10-24-18(20-14)13-8-6-11(2)7-9-13/h6-10,12,15H,5H2,1-4H3,(H,19,23)(H,21,22)/t12-,15+/m1/s1. The predicted octanol–water partition coefficient (Wildman–Crippen LogP) is 3.01. The smallest absolute Gasteiger partial charge is 0.271 e. The lowest BCUT2D eigenvalue weighted by Crippen LogP contribution is -2.49. The molecule has 1 aromatic carbocycles. The first-order valence-electron chi connectivity index (χ1n) is 8.01. The molecule has 1 aromatic heterocycles. The van der Waals surface area contributed by atoms with Gasteiger partial charge >= 0.3 is 0 Å². The van der Waals surface area contributed by atoms with E-state index in [0.717, 1.165) is 17.0 Å². The molecule has 2 aromatic rings. The van der Waals surface area contributed by atoms with E-state index >= 15 is 0 Å². The van der Waals surface area contributed by atoms with E-state index in [1.54, 1.807) is 12.4 Å². The number of amides is 2. The zero-order valence-corrected chi connectivity index (χ0v) is 15.2. The molecule has 128 valence electrons. The molecule has 5 nitrogen and oxygen atoms in total. The molecule has 0 spiro atoms. The van der Waals surface area contributed by atoms with Gasteiger partial charge in [-0.25, -0.2) is 4.98 Å². The van der Waals surface area contributed by atoms with E-state index in [1.165, 1.54) is 16.9 Å². The summed E-state index contributed by atoms with van der Waals surface area (Å²) >= 11 is 1.42. The molecule has 1 heterocycles. The second kappa shape index (κ2) is 8.06. The first kappa shape index (κ1) is 18.1. The van der Waals surface area contributed by atoms with Crippen LogP contribution in [0.4, 0.5) is 0 Å². The van der Waals surface area contributed by atoms with Crippen LogP contribution < -0.4 is 10.6 Å². The lowest BCUT2D eigenvalue weighted by molar-refractivity contribution is -0.123. The van der Waals surface area contributed by atoms with Crippen molar-refractivity contribution in [3.63, 3.8) is 0 Å². The maximum absolute atomic E-state index is 12.4. The number of carbonyl (C=O) groups excluding carboxylic acids is 2. The summed E-state index contributed by atoms with van der Waals surface area (Å²) in [6.45, 7) is 5.96. The van der Waals surface area contributed by atoms with Gasteiger partial charge in [-0.1, -0.05) is 50.1 Å². The average Bonchev–Trinajstić information content (AvgIpc) is 3.09. The van der Waals surface area contributed by atoms with Crippen LogP contribution in [-0.4, -0.2) is 29.9 Å². The van der Waals surface area contributed by atoms with E-state index in [0.29, 0.717) is 5.69 Å². The fourth-order valence-electron chi connectivity index (χ4n) is 2.28. The highest BCUT2D eigenvalue weighted by molar-refractivity contribution is 7.13. The van der Waals surface area contributed by atoms with E-state index < -0.39 is 6.04 Å². The van der Waals surface area contributed by atoms with E-state index in [-0.39, 0.29) is 17.7 Å². The molecule has 0 saturated carbocycles. The van der Waals surface area contributed by atoms with Crippen molar-refractivity contribution < 1.29 is 9.59 Å². The Kier molecular flexibility index (Phi) is 6.09. The highest BCUT2D eigenvalue weighted by Crippen LogP contribution is 2.24. The molecule has 0 unspecified atom stereocenters. The molecule has 0 aliphatic carbocycles. The third kappa shape index (κ3) is 4.20. The van der Waals surface area contributed by atoms with Gasteiger partial charge in [-0.05, 0) is 12.8 Å². The molecule has 2 rings (SSSR count). The van der Waals surface area contributed by atoms with Crippen LogP contribution in [0.2, 0.25) is 0 Å². The molecule has 2 atom stereocenters. The summed E-state index contributed by atoms with van der Waals surface area (Å²) in [4.78, 5) is 28.9. The molecule has 0 bridgehead atoms. The number of benzene rings is 1. The molecule has 0 aliphatic heterocycles. The Morgan fingerprint density at radius 3 is 2.50 bits per heavy atom. The van der Waals surface area contributed by atoms with E-state index in [2.05, 4.69) is 15.6 Å². The van der Waals surface area contributed by atoms with E-state index in [4.69, 9.17) is 0 Å². The third-order valence-corrected chi connectivity index (χ3v) is 4.96. The monoisotopic (exact) mass is 345 g/mol. The van der Waals surface area contributed by atoms with Crippen LogP contribution >= 0.6 is 11.3 Å². The van der Waals surface area contributed by atoms with Gasteiger partial charge in [0, 0.05) is 18.0 Å². The van der Waals surface area contributed by atoms with Crippen molar-refractivity contribution in [1.82, 2.24) is 15.6 Å². The predicted molar refractivity (Wildman–Crippen MR) is 97.1 cm³/mol. The summed E-state index contributed by atoms with van der Waals surface area (Å²) in [7, 11) is 1.57. The Balaban J connectivity index is 2.15. The Morgan fingerprint density at radius 1 is 1.25 bits per heavy atom. The number of nitrogens with one attached hydrogen (secondary N) is 2. The second-order valence-corrected chi connectivity index (χ2v) is 6.71. The van der Waals surface area contributed by atoms with Crippen molar-refractivity contribution in [3.05, 3.63) is 40.9 Å². The molecule has 24 heavy (non-hydrogen) atoms. The maximum Gasteiger partial charge on any atom is 0.271 e. The Hall–Kier alpha value is -2.21. The summed E-state index contributed by atoms with van der Waals surface area (Å²) in [5.41, 5.74) is 2.50. The van der Waals surface area contributed by atoms with Crippen LogP contribution in [-0.2, 0) is 4.79 Å². The van der Waals surface area contributed by atoms with Crippen molar-refractivity contribution >= 4 is 23.2 Å². The minimum absolute atomic E-state index is 0.0455. The molecular formula is C18H23N3O2S. The number of rotatable bonds is 6. The van der Waals surface area contributed by atoms with Crippen LogP contribution in [0.5, 0.6) is 0 Å². The summed E-state index contributed by atoms with van der Waals surface area (Å²) < 4.78 is 0. The average molecular weight is 345 g/mol. The van der Waals surface area contributed by atoms with Crippen LogP contribution in [0.3, 0.4) is 0 Å². The first-order valence-corrected chi connectivity index (χ1v) is 8.89. The third-order valence-electron chi connectivity index (χ3n) is 4.06. The summed E-state index contributed by atoms with van der Waals surface area (Å²) in [6.07, 6.45) is 0.796. The van der Waals surface area contributed by atoms with Crippen molar-refractivity contribution in [1.29, 1.82) is 0 Å². The quantitative estimate of drug-likeness (QED) is 0.845. The highest BCUT2D eigenvalue weighted by atomic mass is 32.1. The zero-order chi connectivity index (χ0) is 17.7. The Morgan fingerprint density at radius 2 is 1.92 bits per heavy atom. The molecule has 6 heteroatoms. The fourth-order valence-corrected chi connectivity index (χ4v) is 3.09. The minimum Gasteiger partial charge on any atom is -0.357 e. The van der Waals surface area contributed by atoms with Gasteiger partial charge in [0.2, 0.25) is 5.91 Å². The minimum atomic E-state index is -0.558. The topological polar surface area (TPSA) is 71.1 Å². The van der Waals surface area contributed by atoms with Crippen molar-refractivity contribution in [3.8, 4) is 10.6 Å². The summed E-state index contributed by atoms with van der Waals surface area (Å²) in [5.74, 6) is -0.464. The van der Waals surface area contributed by atoms with Crippen LogP contribution in [0.1, 0.15) is 36.3 Å². The number of nitrogens with zero attached hydrogens (tertiary/aromatic N) is 1. The van der Waals surface area contributed by atoms with Gasteiger partial charge in [0.05, 0.1) is 0 Å². The lowest BCUT2D eigenvalue weighted by atomic mass is 9.98. The molecule has 2 N–H and O–H groups in total. The van der Waals surface area contributed by atoms with Crippen LogP contribution in [0, 0.1) is 12.8 Å². The van der Waals surface area contributed by atoms with Gasteiger partial charge in [-0.3, -0.25) is 9.59 Å². The van der Waals surface area contributed by atoms with Crippen molar-refractivity contribution in [2.45, 2.75) is 33.2 Å². The van der Waals surface area contributed by atoms with Gasteiger partial charge in [0.25, 0.3) is 5.91 Å².